The van der Waals surface area contributed by atoms with E-state index >= 15 is 0 Å². The molecule has 0 saturated heterocycles. The Morgan fingerprint density at radius 2 is 1.69 bits per heavy atom. The molecule has 2 aromatic carbocycles. The average Bonchev–Trinajstić information content (AvgIpc) is 3.11. The normalized spacial score (nSPS) is 12.0. The highest BCUT2D eigenvalue weighted by molar-refractivity contribution is 7.18. The van der Waals surface area contributed by atoms with E-state index < -0.39 is 6.10 Å². The van der Waals surface area contributed by atoms with Crippen LogP contribution in [0.15, 0.2) is 54.6 Å². The van der Waals surface area contributed by atoms with E-state index in [1.54, 1.807) is 6.92 Å². The van der Waals surface area contributed by atoms with Gasteiger partial charge in [-0.2, -0.15) is 0 Å². The van der Waals surface area contributed by atoms with Crippen molar-refractivity contribution in [3.8, 4) is 16.3 Å². The average molecular weight is 367 g/mol. The van der Waals surface area contributed by atoms with E-state index in [9.17, 15) is 4.79 Å². The summed E-state index contributed by atoms with van der Waals surface area (Å²) in [5, 5.41) is 12.2. The van der Waals surface area contributed by atoms with Gasteiger partial charge >= 0.3 is 0 Å². The van der Waals surface area contributed by atoms with Crippen LogP contribution >= 0.6 is 11.3 Å². The maximum Gasteiger partial charge on any atom is 0.266 e. The summed E-state index contributed by atoms with van der Waals surface area (Å²) in [5.41, 5.74) is 2.05. The summed E-state index contributed by atoms with van der Waals surface area (Å²) in [6, 6.07) is 17.5. The molecular weight excluding hydrogens is 346 g/mol. The molecule has 26 heavy (non-hydrogen) atoms. The van der Waals surface area contributed by atoms with Gasteiger partial charge in [0.05, 0.1) is 0 Å². The lowest BCUT2D eigenvalue weighted by atomic mass is 10.0. The molecule has 1 N–H and O–H groups in total. The van der Waals surface area contributed by atoms with Crippen LogP contribution in [0.2, 0.25) is 0 Å². The van der Waals surface area contributed by atoms with Crippen LogP contribution in [0.5, 0.6) is 5.75 Å². The van der Waals surface area contributed by atoms with Gasteiger partial charge in [0.2, 0.25) is 5.13 Å². The highest BCUT2D eigenvalue weighted by Gasteiger charge is 2.19. The molecule has 0 saturated carbocycles. The molecule has 134 valence electrons. The molecule has 1 amide bonds. The first-order valence-corrected chi connectivity index (χ1v) is 9.31. The molecule has 0 aliphatic carbocycles. The summed E-state index contributed by atoms with van der Waals surface area (Å²) < 4.78 is 5.88. The second-order valence-electron chi connectivity index (χ2n) is 6.22. The highest BCUT2D eigenvalue weighted by atomic mass is 32.1. The summed E-state index contributed by atoms with van der Waals surface area (Å²) in [5.74, 6) is 0.796. The van der Waals surface area contributed by atoms with E-state index in [1.807, 2.05) is 54.6 Å². The summed E-state index contributed by atoms with van der Waals surface area (Å²) in [6.45, 7) is 5.92. The van der Waals surface area contributed by atoms with Gasteiger partial charge in [0.15, 0.2) is 6.10 Å². The fourth-order valence-electron chi connectivity index (χ4n) is 2.49. The Morgan fingerprint density at radius 1 is 1.00 bits per heavy atom. The SMILES string of the molecule is CC(C)c1ccccc1O[C@@H](C)C(=O)Nc1nnc(-c2ccccc2)s1. The quantitative estimate of drug-likeness (QED) is 0.684. The molecule has 3 rings (SSSR count). The topological polar surface area (TPSA) is 64.1 Å². The maximum absolute atomic E-state index is 12.4. The van der Waals surface area contributed by atoms with Gasteiger partial charge in [-0.1, -0.05) is 73.7 Å². The summed E-state index contributed by atoms with van der Waals surface area (Å²) in [6.07, 6.45) is -0.640. The molecule has 0 fully saturated rings. The number of hydrogen-bond donors (Lipinski definition) is 1. The standard InChI is InChI=1S/C20H21N3O2S/c1-13(2)16-11-7-8-12-17(16)25-14(3)18(24)21-20-23-22-19(26-20)15-9-5-4-6-10-15/h4-14H,1-3H3,(H,21,23,24)/t14-/m0/s1. The van der Waals surface area contributed by atoms with Gasteiger partial charge in [-0.15, -0.1) is 10.2 Å². The summed E-state index contributed by atoms with van der Waals surface area (Å²) in [4.78, 5) is 12.4. The zero-order valence-corrected chi connectivity index (χ0v) is 15.8. The third-order valence-electron chi connectivity index (χ3n) is 3.89. The molecular formula is C20H21N3O2S. The number of aromatic nitrogens is 2. The van der Waals surface area contributed by atoms with E-state index in [1.165, 1.54) is 11.3 Å². The Kier molecular flexibility index (Phi) is 5.63. The monoisotopic (exact) mass is 367 g/mol. The van der Waals surface area contributed by atoms with Crippen molar-refractivity contribution in [2.45, 2.75) is 32.8 Å². The zero-order valence-electron chi connectivity index (χ0n) is 15.0. The predicted octanol–water partition coefficient (Wildman–Crippen LogP) is 4.73. The molecule has 0 unspecified atom stereocenters. The van der Waals surface area contributed by atoms with Crippen LogP contribution in [-0.4, -0.2) is 22.2 Å². The van der Waals surface area contributed by atoms with Crippen LogP contribution in [0.25, 0.3) is 10.6 Å². The maximum atomic E-state index is 12.4. The van der Waals surface area contributed by atoms with Crippen molar-refractivity contribution in [2.24, 2.45) is 0 Å². The van der Waals surface area contributed by atoms with Crippen LogP contribution in [0.4, 0.5) is 5.13 Å². The Balaban J connectivity index is 1.66. The van der Waals surface area contributed by atoms with Gasteiger partial charge in [-0.3, -0.25) is 10.1 Å². The first-order valence-electron chi connectivity index (χ1n) is 8.50. The number of carbonyl (C=O) groups is 1. The van der Waals surface area contributed by atoms with Gasteiger partial charge < -0.3 is 4.74 Å². The van der Waals surface area contributed by atoms with Crippen LogP contribution in [0.1, 0.15) is 32.3 Å². The third kappa shape index (κ3) is 4.26. The summed E-state index contributed by atoms with van der Waals surface area (Å²) in [7, 11) is 0. The van der Waals surface area contributed by atoms with Gasteiger partial charge in [0.1, 0.15) is 10.8 Å². The zero-order chi connectivity index (χ0) is 18.5. The molecule has 1 aromatic heterocycles. The lowest BCUT2D eigenvalue weighted by molar-refractivity contribution is -0.122. The minimum atomic E-state index is -0.640. The lowest BCUT2D eigenvalue weighted by Crippen LogP contribution is -2.30. The van der Waals surface area contributed by atoms with Gasteiger partial charge in [0, 0.05) is 5.56 Å². The van der Waals surface area contributed by atoms with Crippen molar-refractivity contribution < 1.29 is 9.53 Å². The number of para-hydroxylation sites is 1. The first kappa shape index (κ1) is 18.1. The molecule has 0 radical (unpaired) electrons. The minimum Gasteiger partial charge on any atom is -0.481 e. The van der Waals surface area contributed by atoms with Gasteiger partial charge in [-0.25, -0.2) is 0 Å². The van der Waals surface area contributed by atoms with Gasteiger partial charge in [0.25, 0.3) is 5.91 Å². The van der Waals surface area contributed by atoms with Crippen molar-refractivity contribution in [3.63, 3.8) is 0 Å². The Labute approximate surface area is 157 Å². The van der Waals surface area contributed by atoms with Crippen molar-refractivity contribution in [3.05, 3.63) is 60.2 Å². The molecule has 1 heterocycles. The first-order chi connectivity index (χ1) is 12.5. The number of amides is 1. The van der Waals surface area contributed by atoms with Crippen LogP contribution in [0.3, 0.4) is 0 Å². The molecule has 5 nitrogen and oxygen atoms in total. The number of ether oxygens (including phenoxy) is 1. The Morgan fingerprint density at radius 3 is 2.42 bits per heavy atom. The number of carbonyl (C=O) groups excluding carboxylic acids is 1. The number of hydrogen-bond acceptors (Lipinski definition) is 5. The number of benzene rings is 2. The van der Waals surface area contributed by atoms with Crippen molar-refractivity contribution >= 4 is 22.4 Å². The molecule has 0 aliphatic heterocycles. The van der Waals surface area contributed by atoms with Crippen molar-refractivity contribution in [1.82, 2.24) is 10.2 Å². The number of nitrogens with zero attached hydrogens (tertiary/aromatic N) is 2. The smallest absolute Gasteiger partial charge is 0.266 e. The molecule has 0 spiro atoms. The molecule has 3 aromatic rings. The molecule has 6 heteroatoms. The largest absolute Gasteiger partial charge is 0.481 e. The van der Waals surface area contributed by atoms with E-state index in [0.29, 0.717) is 11.0 Å². The highest BCUT2D eigenvalue weighted by Crippen LogP contribution is 2.28. The fourth-order valence-corrected chi connectivity index (χ4v) is 3.24. The third-order valence-corrected chi connectivity index (χ3v) is 4.78. The van der Waals surface area contributed by atoms with Crippen LogP contribution < -0.4 is 10.1 Å². The molecule has 0 aliphatic rings. The fraction of sp³-hybridized carbons (Fsp3) is 0.250. The summed E-state index contributed by atoms with van der Waals surface area (Å²) >= 11 is 1.34. The number of nitrogens with one attached hydrogen (secondary N) is 1. The predicted molar refractivity (Wildman–Crippen MR) is 105 cm³/mol. The van der Waals surface area contributed by atoms with E-state index in [0.717, 1.165) is 21.9 Å². The number of anilines is 1. The lowest BCUT2D eigenvalue weighted by Gasteiger charge is -2.18. The Bertz CT molecular complexity index is 878. The number of rotatable bonds is 6. The minimum absolute atomic E-state index is 0.251. The van der Waals surface area contributed by atoms with E-state index in [-0.39, 0.29) is 5.91 Å². The van der Waals surface area contributed by atoms with Crippen molar-refractivity contribution in [1.29, 1.82) is 0 Å². The Hall–Kier alpha value is -2.73. The second kappa shape index (κ2) is 8.10. The van der Waals surface area contributed by atoms with E-state index in [2.05, 4.69) is 29.4 Å². The molecule has 0 bridgehead atoms. The van der Waals surface area contributed by atoms with Gasteiger partial charge in [-0.05, 0) is 24.5 Å². The van der Waals surface area contributed by atoms with Crippen LogP contribution in [0, 0.1) is 0 Å². The molecule has 1 atom stereocenters. The van der Waals surface area contributed by atoms with Crippen LogP contribution in [-0.2, 0) is 4.79 Å². The van der Waals surface area contributed by atoms with E-state index in [4.69, 9.17) is 4.74 Å². The van der Waals surface area contributed by atoms with Crippen molar-refractivity contribution in [2.75, 3.05) is 5.32 Å². The second-order valence-corrected chi connectivity index (χ2v) is 7.20.